The fourth-order valence-electron chi connectivity index (χ4n) is 2.75. The molecule has 118 valence electrons. The van der Waals surface area contributed by atoms with E-state index in [-0.39, 0.29) is 11.5 Å². The lowest BCUT2D eigenvalue weighted by atomic mass is 9.90. The SMILES string of the molecule is N[C@@H](c1cc(OC(F)(F)F)ccc1F)[C@H](O)C1CCCC1. The fourth-order valence-corrected chi connectivity index (χ4v) is 2.75. The standard InChI is InChI=1S/C14H17F4NO2/c15-11-6-5-9(21-14(16,17)18)7-10(11)12(19)13(20)8-3-1-2-4-8/h5-8,12-13,20H,1-4,19H2/t12-,13+/m0/s1. The lowest BCUT2D eigenvalue weighted by Crippen LogP contribution is -2.32. The largest absolute Gasteiger partial charge is 0.573 e. The highest BCUT2D eigenvalue weighted by Crippen LogP contribution is 2.34. The number of benzene rings is 1. The van der Waals surface area contributed by atoms with Crippen LogP contribution < -0.4 is 10.5 Å². The molecule has 1 saturated carbocycles. The number of nitrogens with two attached hydrogens (primary N) is 1. The second kappa shape index (κ2) is 6.19. The summed E-state index contributed by atoms with van der Waals surface area (Å²) in [6, 6.07) is 1.55. The molecule has 1 fully saturated rings. The maximum absolute atomic E-state index is 13.8. The lowest BCUT2D eigenvalue weighted by molar-refractivity contribution is -0.274. The topological polar surface area (TPSA) is 55.5 Å². The Morgan fingerprint density at radius 3 is 2.43 bits per heavy atom. The second-order valence-electron chi connectivity index (χ2n) is 5.29. The molecule has 0 radical (unpaired) electrons. The van der Waals surface area contributed by atoms with Crippen LogP contribution in [0, 0.1) is 11.7 Å². The van der Waals surface area contributed by atoms with Crippen LogP contribution in [-0.2, 0) is 0 Å². The molecule has 0 aromatic heterocycles. The van der Waals surface area contributed by atoms with Gasteiger partial charge in [0.15, 0.2) is 0 Å². The van der Waals surface area contributed by atoms with Gasteiger partial charge in [-0.15, -0.1) is 13.2 Å². The third kappa shape index (κ3) is 4.07. The van der Waals surface area contributed by atoms with E-state index in [9.17, 15) is 22.7 Å². The first-order valence-corrected chi connectivity index (χ1v) is 6.77. The average Bonchev–Trinajstić information content (AvgIpc) is 2.91. The molecule has 0 bridgehead atoms. The van der Waals surface area contributed by atoms with E-state index in [0.29, 0.717) is 0 Å². The van der Waals surface area contributed by atoms with Crippen LogP contribution in [0.2, 0.25) is 0 Å². The molecule has 2 rings (SSSR count). The highest BCUT2D eigenvalue weighted by Gasteiger charge is 2.33. The predicted octanol–water partition coefficient (Wildman–Crippen LogP) is 3.28. The average molecular weight is 307 g/mol. The Balaban J connectivity index is 2.18. The van der Waals surface area contributed by atoms with E-state index < -0.39 is 30.1 Å². The number of hydrogen-bond donors (Lipinski definition) is 2. The second-order valence-corrected chi connectivity index (χ2v) is 5.29. The van der Waals surface area contributed by atoms with E-state index in [2.05, 4.69) is 4.74 Å². The number of aliphatic hydroxyl groups is 1. The van der Waals surface area contributed by atoms with Gasteiger partial charge in [-0.2, -0.15) is 0 Å². The van der Waals surface area contributed by atoms with Gasteiger partial charge in [0.2, 0.25) is 0 Å². The van der Waals surface area contributed by atoms with E-state index in [1.165, 1.54) is 0 Å². The van der Waals surface area contributed by atoms with Crippen LogP contribution in [0.1, 0.15) is 37.3 Å². The first-order chi connectivity index (χ1) is 9.78. The van der Waals surface area contributed by atoms with Crippen molar-refractivity contribution in [1.82, 2.24) is 0 Å². The number of hydrogen-bond acceptors (Lipinski definition) is 3. The number of alkyl halides is 3. The summed E-state index contributed by atoms with van der Waals surface area (Å²) in [5, 5.41) is 10.2. The zero-order chi connectivity index (χ0) is 15.6. The van der Waals surface area contributed by atoms with Gasteiger partial charge in [-0.05, 0) is 37.0 Å². The predicted molar refractivity (Wildman–Crippen MR) is 68.0 cm³/mol. The first kappa shape index (κ1) is 16.0. The first-order valence-electron chi connectivity index (χ1n) is 6.77. The van der Waals surface area contributed by atoms with E-state index in [1.54, 1.807) is 0 Å². The summed E-state index contributed by atoms with van der Waals surface area (Å²) in [5.41, 5.74) is 5.65. The number of aliphatic hydroxyl groups excluding tert-OH is 1. The minimum atomic E-state index is -4.86. The van der Waals surface area contributed by atoms with Gasteiger partial charge in [0.05, 0.1) is 12.1 Å². The Labute approximate surface area is 119 Å². The van der Waals surface area contributed by atoms with Gasteiger partial charge in [-0.1, -0.05) is 12.8 Å². The van der Waals surface area contributed by atoms with Crippen molar-refractivity contribution >= 4 is 0 Å². The Morgan fingerprint density at radius 1 is 1.24 bits per heavy atom. The van der Waals surface area contributed by atoms with Crippen molar-refractivity contribution in [2.45, 2.75) is 44.2 Å². The molecule has 3 nitrogen and oxygen atoms in total. The van der Waals surface area contributed by atoms with Crippen LogP contribution in [0.3, 0.4) is 0 Å². The molecule has 0 saturated heterocycles. The van der Waals surface area contributed by atoms with Crippen molar-refractivity contribution < 1.29 is 27.4 Å². The van der Waals surface area contributed by atoms with Crippen LogP contribution in [0.15, 0.2) is 18.2 Å². The molecule has 3 N–H and O–H groups in total. The molecule has 7 heteroatoms. The third-order valence-corrected chi connectivity index (χ3v) is 3.81. The highest BCUT2D eigenvalue weighted by molar-refractivity contribution is 5.32. The summed E-state index contributed by atoms with van der Waals surface area (Å²) in [5.74, 6) is -1.35. The van der Waals surface area contributed by atoms with Crippen molar-refractivity contribution in [3.8, 4) is 5.75 Å². The zero-order valence-corrected chi connectivity index (χ0v) is 11.2. The maximum Gasteiger partial charge on any atom is 0.573 e. The summed E-state index contributed by atoms with van der Waals surface area (Å²) in [6.45, 7) is 0. The van der Waals surface area contributed by atoms with E-state index in [4.69, 9.17) is 5.73 Å². The smallest absolute Gasteiger partial charge is 0.406 e. The summed E-state index contributed by atoms with van der Waals surface area (Å²) in [4.78, 5) is 0. The lowest BCUT2D eigenvalue weighted by Gasteiger charge is -2.25. The van der Waals surface area contributed by atoms with Crippen molar-refractivity contribution in [2.75, 3.05) is 0 Å². The van der Waals surface area contributed by atoms with Gasteiger partial charge < -0.3 is 15.6 Å². The minimum Gasteiger partial charge on any atom is -0.406 e. The number of halogens is 4. The Kier molecular flexibility index (Phi) is 4.73. The van der Waals surface area contributed by atoms with Gasteiger partial charge in [-0.3, -0.25) is 0 Å². The summed E-state index contributed by atoms with van der Waals surface area (Å²) >= 11 is 0. The number of ether oxygens (including phenoxy) is 1. The fraction of sp³-hybridized carbons (Fsp3) is 0.571. The quantitative estimate of drug-likeness (QED) is 0.839. The molecular weight excluding hydrogens is 290 g/mol. The van der Waals surface area contributed by atoms with Crippen LogP contribution in [0.5, 0.6) is 5.75 Å². The van der Waals surface area contributed by atoms with E-state index in [1.807, 2.05) is 0 Å². The van der Waals surface area contributed by atoms with Crippen LogP contribution in [-0.4, -0.2) is 17.6 Å². The molecule has 1 aliphatic rings. The van der Waals surface area contributed by atoms with Gasteiger partial charge in [-0.25, -0.2) is 4.39 Å². The minimum absolute atomic E-state index is 0.0495. The summed E-state index contributed by atoms with van der Waals surface area (Å²) < 4.78 is 54.1. The highest BCUT2D eigenvalue weighted by atomic mass is 19.4. The van der Waals surface area contributed by atoms with Crippen LogP contribution in [0.25, 0.3) is 0 Å². The molecule has 0 aliphatic heterocycles. The molecule has 2 atom stereocenters. The Hall–Kier alpha value is -1.34. The van der Waals surface area contributed by atoms with Crippen LogP contribution >= 0.6 is 0 Å². The molecule has 0 spiro atoms. The normalized spacial score (nSPS) is 19.5. The molecule has 21 heavy (non-hydrogen) atoms. The van der Waals surface area contributed by atoms with Gasteiger partial charge in [0.1, 0.15) is 11.6 Å². The Bertz CT molecular complexity index is 486. The van der Waals surface area contributed by atoms with Crippen LogP contribution in [0.4, 0.5) is 17.6 Å². The molecule has 1 aromatic rings. The van der Waals surface area contributed by atoms with Crippen molar-refractivity contribution in [3.05, 3.63) is 29.6 Å². The molecule has 1 aromatic carbocycles. The van der Waals surface area contributed by atoms with Gasteiger partial charge >= 0.3 is 6.36 Å². The van der Waals surface area contributed by atoms with Crippen molar-refractivity contribution in [1.29, 1.82) is 0 Å². The summed E-state index contributed by atoms with van der Waals surface area (Å²) in [6.07, 6.45) is -2.33. The van der Waals surface area contributed by atoms with Crippen molar-refractivity contribution in [2.24, 2.45) is 11.7 Å². The number of rotatable bonds is 4. The molecular formula is C14H17F4NO2. The zero-order valence-electron chi connectivity index (χ0n) is 11.2. The van der Waals surface area contributed by atoms with Gasteiger partial charge in [0.25, 0.3) is 0 Å². The Morgan fingerprint density at radius 2 is 1.86 bits per heavy atom. The van der Waals surface area contributed by atoms with Gasteiger partial charge in [0, 0.05) is 5.56 Å². The molecule has 0 unspecified atom stereocenters. The molecule has 0 heterocycles. The maximum atomic E-state index is 13.8. The molecule has 1 aliphatic carbocycles. The summed E-state index contributed by atoms with van der Waals surface area (Å²) in [7, 11) is 0. The van der Waals surface area contributed by atoms with Crippen molar-refractivity contribution in [3.63, 3.8) is 0 Å². The van der Waals surface area contributed by atoms with E-state index in [0.717, 1.165) is 43.9 Å². The van der Waals surface area contributed by atoms with E-state index >= 15 is 0 Å². The molecule has 0 amide bonds. The monoisotopic (exact) mass is 307 g/mol. The third-order valence-electron chi connectivity index (χ3n) is 3.81.